The summed E-state index contributed by atoms with van der Waals surface area (Å²) < 4.78 is 0. The van der Waals surface area contributed by atoms with Crippen molar-refractivity contribution >= 4 is 23.2 Å². The van der Waals surface area contributed by atoms with Gasteiger partial charge >= 0.3 is 0 Å². The van der Waals surface area contributed by atoms with Crippen LogP contribution in [0.3, 0.4) is 0 Å². The number of hydrogen-bond donors (Lipinski definition) is 0. The number of allylic oxidation sites excluding steroid dienone is 1. The van der Waals surface area contributed by atoms with E-state index in [9.17, 15) is 0 Å². The third kappa shape index (κ3) is 4.32. The molecule has 0 aromatic heterocycles. The lowest BCUT2D eigenvalue weighted by molar-refractivity contribution is 1.21. The van der Waals surface area contributed by atoms with Crippen molar-refractivity contribution in [2.45, 2.75) is 6.42 Å². The van der Waals surface area contributed by atoms with Gasteiger partial charge in [0.05, 0.1) is 0 Å². The minimum absolute atomic E-state index is 0.572. The summed E-state index contributed by atoms with van der Waals surface area (Å²) >= 11 is 10.6. The topological polar surface area (TPSA) is 0 Å². The monoisotopic (exact) mass is 124 g/mol. The molecule has 0 aromatic carbocycles. The first-order chi connectivity index (χ1) is 2.77. The van der Waals surface area contributed by atoms with Gasteiger partial charge in [-0.15, -0.1) is 11.6 Å². The molecule has 0 unspecified atom stereocenters. The maximum Gasteiger partial charge on any atom is 0.0272 e. The molecular weight excluding hydrogens is 119 g/mol. The smallest absolute Gasteiger partial charge is 0.0272 e. The van der Waals surface area contributed by atoms with Crippen LogP contribution in [0.4, 0.5) is 0 Å². The molecule has 0 amide bonds. The zero-order chi connectivity index (χ0) is 4.99. The quantitative estimate of drug-likeness (QED) is 0.497. The average Bonchev–Trinajstić information content (AvgIpc) is 1.35. The summed E-state index contributed by atoms with van der Waals surface area (Å²) in [6, 6.07) is 0. The standard InChI is InChI=1S/C4H6Cl2/c1-4(6)2-3-5/h1-3H2. The van der Waals surface area contributed by atoms with Gasteiger partial charge < -0.3 is 0 Å². The summed E-state index contributed by atoms with van der Waals surface area (Å²) in [5, 5.41) is 0.630. The van der Waals surface area contributed by atoms with Gasteiger partial charge in [0.2, 0.25) is 0 Å². The molecule has 0 aromatic rings. The van der Waals surface area contributed by atoms with E-state index in [4.69, 9.17) is 23.2 Å². The highest BCUT2D eigenvalue weighted by atomic mass is 35.5. The largest absolute Gasteiger partial charge is 0.126 e. The molecular formula is C4H6Cl2. The van der Waals surface area contributed by atoms with Crippen LogP contribution in [-0.4, -0.2) is 5.88 Å². The Hall–Kier alpha value is 0.320. The van der Waals surface area contributed by atoms with E-state index in [-0.39, 0.29) is 0 Å². The SMILES string of the molecule is C=C(Cl)CCCl. The molecule has 0 N–H and O–H groups in total. The molecule has 0 spiro atoms. The molecule has 36 valence electrons. The molecule has 0 saturated carbocycles. The summed E-state index contributed by atoms with van der Waals surface area (Å²) in [5.41, 5.74) is 0. The lowest BCUT2D eigenvalue weighted by Crippen LogP contribution is -1.68. The average molecular weight is 125 g/mol. The van der Waals surface area contributed by atoms with Crippen LogP contribution in [0.15, 0.2) is 11.6 Å². The van der Waals surface area contributed by atoms with Gasteiger partial charge in [-0.05, 0) is 6.42 Å². The van der Waals surface area contributed by atoms with Crippen LogP contribution in [0.5, 0.6) is 0 Å². The zero-order valence-corrected chi connectivity index (χ0v) is 4.89. The molecule has 0 saturated heterocycles. The first-order valence-electron chi connectivity index (χ1n) is 1.66. The van der Waals surface area contributed by atoms with E-state index >= 15 is 0 Å². The number of hydrogen-bond acceptors (Lipinski definition) is 0. The fourth-order valence-electron chi connectivity index (χ4n) is 0.103. The Morgan fingerprint density at radius 3 is 2.17 bits per heavy atom. The lowest BCUT2D eigenvalue weighted by Gasteiger charge is -1.82. The van der Waals surface area contributed by atoms with E-state index in [0.717, 1.165) is 0 Å². The van der Waals surface area contributed by atoms with Crippen molar-refractivity contribution in [1.29, 1.82) is 0 Å². The predicted molar refractivity (Wildman–Crippen MR) is 30.3 cm³/mol. The highest BCUT2D eigenvalue weighted by Gasteiger charge is 1.80. The fourth-order valence-corrected chi connectivity index (χ4v) is 0.522. The van der Waals surface area contributed by atoms with Crippen molar-refractivity contribution in [2.24, 2.45) is 0 Å². The van der Waals surface area contributed by atoms with Crippen molar-refractivity contribution in [2.75, 3.05) is 5.88 Å². The molecule has 0 aliphatic carbocycles. The minimum Gasteiger partial charge on any atom is -0.126 e. The Morgan fingerprint density at radius 2 is 2.17 bits per heavy atom. The molecule has 0 radical (unpaired) electrons. The molecule has 0 aliphatic rings. The minimum atomic E-state index is 0.572. The van der Waals surface area contributed by atoms with Gasteiger partial charge in [0.15, 0.2) is 0 Å². The summed E-state index contributed by atoms with van der Waals surface area (Å²) in [4.78, 5) is 0. The molecule has 0 fully saturated rings. The van der Waals surface area contributed by atoms with E-state index in [1.807, 2.05) is 0 Å². The molecule has 0 nitrogen and oxygen atoms in total. The van der Waals surface area contributed by atoms with Gasteiger partial charge in [0.25, 0.3) is 0 Å². The maximum absolute atomic E-state index is 5.30. The Kier molecular flexibility index (Phi) is 3.70. The van der Waals surface area contributed by atoms with Crippen LogP contribution in [0, 0.1) is 0 Å². The summed E-state index contributed by atoms with van der Waals surface area (Å²) in [6.45, 7) is 3.43. The number of alkyl halides is 1. The highest BCUT2D eigenvalue weighted by molar-refractivity contribution is 6.30. The van der Waals surface area contributed by atoms with Crippen molar-refractivity contribution in [3.8, 4) is 0 Å². The van der Waals surface area contributed by atoms with E-state index in [2.05, 4.69) is 6.58 Å². The van der Waals surface area contributed by atoms with E-state index < -0.39 is 0 Å². The van der Waals surface area contributed by atoms with Crippen molar-refractivity contribution in [1.82, 2.24) is 0 Å². The van der Waals surface area contributed by atoms with E-state index in [1.165, 1.54) is 0 Å². The van der Waals surface area contributed by atoms with Crippen molar-refractivity contribution in [3.05, 3.63) is 11.6 Å². The number of halogens is 2. The van der Waals surface area contributed by atoms with Gasteiger partial charge in [-0.2, -0.15) is 0 Å². The van der Waals surface area contributed by atoms with Crippen LogP contribution in [0.1, 0.15) is 6.42 Å². The van der Waals surface area contributed by atoms with Crippen LogP contribution < -0.4 is 0 Å². The van der Waals surface area contributed by atoms with E-state index in [1.54, 1.807) is 0 Å². The van der Waals surface area contributed by atoms with Gasteiger partial charge in [0, 0.05) is 10.9 Å². The summed E-state index contributed by atoms with van der Waals surface area (Å²) in [7, 11) is 0. The zero-order valence-electron chi connectivity index (χ0n) is 3.38. The van der Waals surface area contributed by atoms with Gasteiger partial charge in [-0.1, -0.05) is 18.2 Å². The second-order valence-corrected chi connectivity index (χ2v) is 1.87. The van der Waals surface area contributed by atoms with Crippen LogP contribution >= 0.6 is 23.2 Å². The first-order valence-corrected chi connectivity index (χ1v) is 2.58. The van der Waals surface area contributed by atoms with E-state index in [0.29, 0.717) is 17.3 Å². The normalized spacial score (nSPS) is 8.33. The number of rotatable bonds is 2. The van der Waals surface area contributed by atoms with Gasteiger partial charge in [-0.3, -0.25) is 0 Å². The van der Waals surface area contributed by atoms with Gasteiger partial charge in [0.1, 0.15) is 0 Å². The Labute approximate surface area is 47.8 Å². The molecule has 2 heteroatoms. The predicted octanol–water partition coefficient (Wildman–Crippen LogP) is 2.37. The first kappa shape index (κ1) is 6.32. The molecule has 6 heavy (non-hydrogen) atoms. The van der Waals surface area contributed by atoms with Crippen molar-refractivity contribution < 1.29 is 0 Å². The second kappa shape index (κ2) is 3.51. The molecule has 0 bridgehead atoms. The third-order valence-corrected chi connectivity index (χ3v) is 0.744. The molecule has 0 aliphatic heterocycles. The summed E-state index contributed by atoms with van der Waals surface area (Å²) in [6.07, 6.45) is 0.711. The molecule has 0 atom stereocenters. The Bertz CT molecular complexity index is 49.5. The van der Waals surface area contributed by atoms with Crippen LogP contribution in [0.25, 0.3) is 0 Å². The van der Waals surface area contributed by atoms with Crippen molar-refractivity contribution in [3.63, 3.8) is 0 Å². The fraction of sp³-hybridized carbons (Fsp3) is 0.500. The van der Waals surface area contributed by atoms with Gasteiger partial charge in [-0.25, -0.2) is 0 Å². The van der Waals surface area contributed by atoms with Crippen LogP contribution in [-0.2, 0) is 0 Å². The lowest BCUT2D eigenvalue weighted by atomic mass is 10.5. The molecule has 0 heterocycles. The third-order valence-electron chi connectivity index (χ3n) is 0.366. The second-order valence-electron chi connectivity index (χ2n) is 0.956. The van der Waals surface area contributed by atoms with Crippen LogP contribution in [0.2, 0.25) is 0 Å². The highest BCUT2D eigenvalue weighted by Crippen LogP contribution is 2.02. The molecule has 0 rings (SSSR count). The maximum atomic E-state index is 5.30. The Balaban J connectivity index is 2.83. The summed E-state index contributed by atoms with van der Waals surface area (Å²) in [5.74, 6) is 0.572. The Morgan fingerprint density at radius 1 is 1.67 bits per heavy atom.